The highest BCUT2D eigenvalue weighted by Crippen LogP contribution is 2.27. The number of fused-ring (bicyclic) bond motifs is 1. The number of hydrogen-bond donors (Lipinski definition) is 4. The number of aliphatic hydroxyl groups excluding tert-OH is 3. The van der Waals surface area contributed by atoms with E-state index in [0.717, 1.165) is 4.90 Å². The maximum Gasteiger partial charge on any atom is 0.411 e. The van der Waals surface area contributed by atoms with Crippen LogP contribution in [0.2, 0.25) is 0 Å². The Bertz CT molecular complexity index is 260. The summed E-state index contributed by atoms with van der Waals surface area (Å²) in [7, 11) is 0. The van der Waals surface area contributed by atoms with Crippen LogP contribution in [0.3, 0.4) is 0 Å². The van der Waals surface area contributed by atoms with Gasteiger partial charge in [0, 0.05) is 0 Å². The molecule has 2 fully saturated rings. The zero-order valence-corrected chi connectivity index (χ0v) is 7.28. The number of aliphatic hydroxyl groups is 3. The van der Waals surface area contributed by atoms with Gasteiger partial charge in [-0.3, -0.25) is 4.90 Å². The van der Waals surface area contributed by atoms with Gasteiger partial charge in [0.25, 0.3) is 0 Å². The molecule has 5 unspecified atom stereocenters. The lowest BCUT2D eigenvalue weighted by molar-refractivity contribution is -0.140. The van der Waals surface area contributed by atoms with Gasteiger partial charge in [0.15, 0.2) is 0 Å². The molecule has 0 aromatic heterocycles. The molecule has 2 aliphatic rings. The highest BCUT2D eigenvalue weighted by Gasteiger charge is 2.52. The van der Waals surface area contributed by atoms with E-state index in [1.54, 1.807) is 0 Å². The van der Waals surface area contributed by atoms with Gasteiger partial charge < -0.3 is 25.8 Å². The molecule has 0 aromatic rings. The fraction of sp³-hybridized carbons (Fsp3) is 0.857. The Labute approximate surface area is 79.7 Å². The van der Waals surface area contributed by atoms with Crippen molar-refractivity contribution in [2.24, 2.45) is 5.73 Å². The van der Waals surface area contributed by atoms with Gasteiger partial charge in [0.05, 0.1) is 6.04 Å². The summed E-state index contributed by atoms with van der Waals surface area (Å²) in [6.45, 7) is -0.0164. The number of nitrogens with two attached hydrogens (primary N) is 1. The number of amides is 1. The lowest BCUT2D eigenvalue weighted by Gasteiger charge is -2.42. The second kappa shape index (κ2) is 3.06. The summed E-state index contributed by atoms with van der Waals surface area (Å²) < 4.78 is 4.66. The monoisotopic (exact) mass is 204 g/mol. The highest BCUT2D eigenvalue weighted by molar-refractivity contribution is 5.71. The molecule has 0 saturated carbocycles. The fourth-order valence-electron chi connectivity index (χ4n) is 1.85. The summed E-state index contributed by atoms with van der Waals surface area (Å²) in [5.74, 6) is 0. The Balaban J connectivity index is 2.27. The van der Waals surface area contributed by atoms with Gasteiger partial charge in [-0.2, -0.15) is 0 Å². The van der Waals surface area contributed by atoms with Gasteiger partial charge in [-0.15, -0.1) is 0 Å². The van der Waals surface area contributed by atoms with Crippen LogP contribution in [-0.2, 0) is 4.74 Å². The predicted octanol–water partition coefficient (Wildman–Crippen LogP) is -2.81. The normalized spacial score (nSPS) is 47.6. The Morgan fingerprint density at radius 3 is 2.57 bits per heavy atom. The molecule has 0 spiro atoms. The Morgan fingerprint density at radius 2 is 1.93 bits per heavy atom. The first kappa shape index (κ1) is 9.66. The first-order valence-corrected chi connectivity index (χ1v) is 4.29. The Morgan fingerprint density at radius 1 is 1.29 bits per heavy atom. The summed E-state index contributed by atoms with van der Waals surface area (Å²) in [4.78, 5) is 12.2. The molecule has 2 aliphatic heterocycles. The second-order valence-corrected chi connectivity index (χ2v) is 3.51. The summed E-state index contributed by atoms with van der Waals surface area (Å²) in [5, 5.41) is 28.3. The molecule has 2 heterocycles. The lowest BCUT2D eigenvalue weighted by Crippen LogP contribution is -2.68. The van der Waals surface area contributed by atoms with Crippen LogP contribution in [0.1, 0.15) is 0 Å². The van der Waals surface area contributed by atoms with Gasteiger partial charge >= 0.3 is 6.09 Å². The van der Waals surface area contributed by atoms with E-state index < -0.39 is 36.6 Å². The zero-order chi connectivity index (χ0) is 10.5. The van der Waals surface area contributed by atoms with Crippen LogP contribution < -0.4 is 5.73 Å². The molecular weight excluding hydrogens is 192 g/mol. The number of carbonyl (C=O) groups is 1. The van der Waals surface area contributed by atoms with Crippen LogP contribution in [0.15, 0.2) is 0 Å². The number of nitrogens with zero attached hydrogens (tertiary/aromatic N) is 1. The molecule has 0 aromatic carbocycles. The molecule has 2 saturated heterocycles. The molecular formula is C7H12N2O5. The lowest BCUT2D eigenvalue weighted by atomic mass is 9.93. The molecule has 5 N–H and O–H groups in total. The topological polar surface area (TPSA) is 116 Å². The number of ether oxygens (including phenoxy) is 1. The van der Waals surface area contributed by atoms with Crippen molar-refractivity contribution >= 4 is 6.09 Å². The smallest absolute Gasteiger partial charge is 0.411 e. The molecule has 80 valence electrons. The number of carbonyl (C=O) groups excluding carboxylic acids is 1. The van der Waals surface area contributed by atoms with Crippen molar-refractivity contribution in [1.82, 2.24) is 4.90 Å². The maximum absolute atomic E-state index is 11.1. The minimum atomic E-state index is -1.35. The molecule has 1 amide bonds. The summed E-state index contributed by atoms with van der Waals surface area (Å²) in [6, 6.07) is -0.670. The van der Waals surface area contributed by atoms with Crippen molar-refractivity contribution in [3.63, 3.8) is 0 Å². The number of rotatable bonds is 0. The van der Waals surface area contributed by atoms with Crippen molar-refractivity contribution in [3.05, 3.63) is 0 Å². The molecule has 7 nitrogen and oxygen atoms in total. The molecule has 7 heteroatoms. The van der Waals surface area contributed by atoms with Gasteiger partial charge in [0.1, 0.15) is 31.1 Å². The van der Waals surface area contributed by atoms with E-state index in [4.69, 9.17) is 5.73 Å². The molecule has 0 aliphatic carbocycles. The third-order valence-corrected chi connectivity index (χ3v) is 2.71. The van der Waals surface area contributed by atoms with E-state index in [-0.39, 0.29) is 6.61 Å². The van der Waals surface area contributed by atoms with Crippen molar-refractivity contribution in [2.45, 2.75) is 30.5 Å². The van der Waals surface area contributed by atoms with E-state index in [2.05, 4.69) is 4.74 Å². The van der Waals surface area contributed by atoms with E-state index in [9.17, 15) is 20.1 Å². The van der Waals surface area contributed by atoms with E-state index in [0.29, 0.717) is 0 Å². The second-order valence-electron chi connectivity index (χ2n) is 3.51. The van der Waals surface area contributed by atoms with Crippen molar-refractivity contribution in [3.8, 4) is 0 Å². The first-order chi connectivity index (χ1) is 6.54. The van der Waals surface area contributed by atoms with Crippen LogP contribution in [0.25, 0.3) is 0 Å². The van der Waals surface area contributed by atoms with E-state index >= 15 is 0 Å². The summed E-state index contributed by atoms with van der Waals surface area (Å²) in [6.07, 6.45) is -5.63. The van der Waals surface area contributed by atoms with Crippen LogP contribution in [0.4, 0.5) is 4.79 Å². The number of hydrogen-bond acceptors (Lipinski definition) is 6. The quantitative estimate of drug-likeness (QED) is 0.338. The average Bonchev–Trinajstić information content (AvgIpc) is 2.54. The van der Waals surface area contributed by atoms with Crippen molar-refractivity contribution in [2.75, 3.05) is 6.61 Å². The van der Waals surface area contributed by atoms with Gasteiger partial charge in [-0.05, 0) is 0 Å². The number of cyclic esters (lactones) is 1. The van der Waals surface area contributed by atoms with Crippen molar-refractivity contribution < 1.29 is 24.9 Å². The predicted molar refractivity (Wildman–Crippen MR) is 43.0 cm³/mol. The van der Waals surface area contributed by atoms with Crippen molar-refractivity contribution in [1.29, 1.82) is 0 Å². The average molecular weight is 204 g/mol. The minimum absolute atomic E-state index is 0.0164. The van der Waals surface area contributed by atoms with Crippen LogP contribution in [0, 0.1) is 0 Å². The van der Waals surface area contributed by atoms with Gasteiger partial charge in [0.2, 0.25) is 0 Å². The van der Waals surface area contributed by atoms with Crippen LogP contribution in [-0.4, -0.2) is 63.4 Å². The van der Waals surface area contributed by atoms with E-state index in [1.807, 2.05) is 0 Å². The van der Waals surface area contributed by atoms with Gasteiger partial charge in [-0.1, -0.05) is 0 Å². The minimum Gasteiger partial charge on any atom is -0.447 e. The maximum atomic E-state index is 11.1. The summed E-state index contributed by atoms with van der Waals surface area (Å²) in [5.41, 5.74) is 5.51. The largest absolute Gasteiger partial charge is 0.447 e. The Kier molecular flexibility index (Phi) is 2.11. The molecule has 14 heavy (non-hydrogen) atoms. The third kappa shape index (κ3) is 1.10. The zero-order valence-electron chi connectivity index (χ0n) is 7.28. The standard InChI is InChI=1S/C7H12N2O5/c8-6-5(12)4(11)3(10)2-1-14-7(13)9(2)6/h2-6,10-12H,1,8H2. The molecule has 0 radical (unpaired) electrons. The highest BCUT2D eigenvalue weighted by atomic mass is 16.6. The van der Waals surface area contributed by atoms with Crippen LogP contribution in [0.5, 0.6) is 0 Å². The SMILES string of the molecule is NC1C(O)C(O)C(O)C2COC(=O)N12. The molecule has 5 atom stereocenters. The molecule has 0 bridgehead atoms. The first-order valence-electron chi connectivity index (χ1n) is 4.29. The fourth-order valence-corrected chi connectivity index (χ4v) is 1.85. The molecule has 2 rings (SSSR count). The Hall–Kier alpha value is -0.890. The van der Waals surface area contributed by atoms with Gasteiger partial charge in [-0.25, -0.2) is 4.79 Å². The summed E-state index contributed by atoms with van der Waals surface area (Å²) >= 11 is 0. The van der Waals surface area contributed by atoms with Crippen LogP contribution >= 0.6 is 0 Å². The third-order valence-electron chi connectivity index (χ3n) is 2.71. The van der Waals surface area contributed by atoms with E-state index in [1.165, 1.54) is 0 Å². The number of piperidine rings is 1.